The number of nitrogens with one attached hydrogen (secondary N) is 1. The van der Waals surface area contributed by atoms with Crippen LogP contribution in [0.5, 0.6) is 0 Å². The van der Waals surface area contributed by atoms with Gasteiger partial charge in [-0.1, -0.05) is 6.92 Å². The Morgan fingerprint density at radius 3 is 2.78 bits per heavy atom. The van der Waals surface area contributed by atoms with Crippen LogP contribution in [0.25, 0.3) is 0 Å². The first-order valence-electron chi connectivity index (χ1n) is 5.36. The third-order valence-corrected chi connectivity index (χ3v) is 3.64. The molecule has 7 heteroatoms. The molecule has 1 rings (SSSR count). The average Bonchev–Trinajstić information content (AvgIpc) is 2.32. The summed E-state index contributed by atoms with van der Waals surface area (Å²) < 4.78 is 24.6. The van der Waals surface area contributed by atoms with Crippen molar-refractivity contribution in [2.24, 2.45) is 0 Å². The van der Waals surface area contributed by atoms with Crippen LogP contribution >= 0.6 is 0 Å². The molecule has 1 unspecified atom stereocenters. The van der Waals surface area contributed by atoms with Gasteiger partial charge < -0.3 is 16.2 Å². The van der Waals surface area contributed by atoms with Gasteiger partial charge in [-0.15, -0.1) is 0 Å². The zero-order valence-corrected chi connectivity index (χ0v) is 10.7. The van der Waals surface area contributed by atoms with E-state index in [1.54, 1.807) is 0 Å². The van der Waals surface area contributed by atoms with E-state index in [2.05, 4.69) is 5.32 Å². The Balaban J connectivity index is 2.76. The summed E-state index contributed by atoms with van der Waals surface area (Å²) in [4.78, 5) is 10.7. The summed E-state index contributed by atoms with van der Waals surface area (Å²) in [6.45, 7) is 2.20. The van der Waals surface area contributed by atoms with Crippen molar-refractivity contribution in [3.05, 3.63) is 23.5 Å². The Kier molecular flexibility index (Phi) is 5.08. The van der Waals surface area contributed by atoms with Crippen molar-refractivity contribution in [1.82, 2.24) is 0 Å². The van der Waals surface area contributed by atoms with E-state index in [1.807, 2.05) is 6.92 Å². The van der Waals surface area contributed by atoms with Gasteiger partial charge in [0.25, 0.3) is 0 Å². The SMILES string of the molecule is CCS(=O)CCNc1cc(F)c(C(=O)O)cc1N. The maximum atomic E-state index is 13.4. The Labute approximate surface area is 107 Å². The monoisotopic (exact) mass is 274 g/mol. The van der Waals surface area contributed by atoms with E-state index in [0.717, 1.165) is 12.1 Å². The predicted octanol–water partition coefficient (Wildman–Crippen LogP) is 1.29. The van der Waals surface area contributed by atoms with Crippen molar-refractivity contribution in [3.8, 4) is 0 Å². The fraction of sp³-hybridized carbons (Fsp3) is 0.364. The van der Waals surface area contributed by atoms with Crippen molar-refractivity contribution in [3.63, 3.8) is 0 Å². The van der Waals surface area contributed by atoms with Crippen LogP contribution in [-0.4, -0.2) is 33.3 Å². The molecule has 0 radical (unpaired) electrons. The van der Waals surface area contributed by atoms with Crippen molar-refractivity contribution in [1.29, 1.82) is 0 Å². The minimum Gasteiger partial charge on any atom is -0.478 e. The quantitative estimate of drug-likeness (QED) is 0.680. The number of carboxylic acids is 1. The molecule has 5 nitrogen and oxygen atoms in total. The number of anilines is 2. The molecule has 1 aromatic carbocycles. The summed E-state index contributed by atoms with van der Waals surface area (Å²) in [7, 11) is -0.916. The summed E-state index contributed by atoms with van der Waals surface area (Å²) in [5.41, 5.74) is 5.61. The lowest BCUT2D eigenvalue weighted by Gasteiger charge is -2.10. The van der Waals surface area contributed by atoms with Gasteiger partial charge in [-0.2, -0.15) is 0 Å². The number of nitrogen functional groups attached to an aromatic ring is 1. The van der Waals surface area contributed by atoms with E-state index in [4.69, 9.17) is 10.8 Å². The molecule has 0 amide bonds. The first-order valence-corrected chi connectivity index (χ1v) is 6.85. The van der Waals surface area contributed by atoms with Crippen molar-refractivity contribution in [2.45, 2.75) is 6.92 Å². The fourth-order valence-corrected chi connectivity index (χ4v) is 1.97. The molecule has 1 aromatic rings. The van der Waals surface area contributed by atoms with E-state index in [-0.39, 0.29) is 5.69 Å². The van der Waals surface area contributed by atoms with E-state index in [9.17, 15) is 13.4 Å². The Morgan fingerprint density at radius 1 is 1.56 bits per heavy atom. The van der Waals surface area contributed by atoms with E-state index in [0.29, 0.717) is 23.7 Å². The van der Waals surface area contributed by atoms with E-state index >= 15 is 0 Å². The molecule has 4 N–H and O–H groups in total. The fourth-order valence-electron chi connectivity index (χ4n) is 1.35. The van der Waals surface area contributed by atoms with Gasteiger partial charge in [0, 0.05) is 28.9 Å². The summed E-state index contributed by atoms with van der Waals surface area (Å²) >= 11 is 0. The number of aromatic carboxylic acids is 1. The standard InChI is InChI=1S/C11H15FN2O3S/c1-2-18(17)4-3-14-10-6-8(12)7(11(15)16)5-9(10)13/h5-6,14H,2-4,13H2,1H3,(H,15,16). The molecule has 0 aromatic heterocycles. The Hall–Kier alpha value is -1.63. The molecule has 100 valence electrons. The van der Waals surface area contributed by atoms with Crippen LogP contribution in [0, 0.1) is 5.82 Å². The zero-order valence-electron chi connectivity index (χ0n) is 9.90. The molecule has 0 fully saturated rings. The number of nitrogens with two attached hydrogens (primary N) is 1. The number of carbonyl (C=O) groups is 1. The highest BCUT2D eigenvalue weighted by molar-refractivity contribution is 7.84. The van der Waals surface area contributed by atoms with Crippen LogP contribution in [-0.2, 0) is 10.8 Å². The van der Waals surface area contributed by atoms with Gasteiger partial charge in [-0.05, 0) is 12.1 Å². The first kappa shape index (κ1) is 14.4. The highest BCUT2D eigenvalue weighted by Crippen LogP contribution is 2.22. The number of hydrogen-bond donors (Lipinski definition) is 3. The van der Waals surface area contributed by atoms with Gasteiger partial charge in [-0.25, -0.2) is 9.18 Å². The summed E-state index contributed by atoms with van der Waals surface area (Å²) in [6, 6.07) is 2.10. The number of benzene rings is 1. The van der Waals surface area contributed by atoms with Crippen LogP contribution in [0.15, 0.2) is 12.1 Å². The molecule has 0 heterocycles. The van der Waals surface area contributed by atoms with Crippen LogP contribution in [0.1, 0.15) is 17.3 Å². The summed E-state index contributed by atoms with van der Waals surface area (Å²) in [5.74, 6) is -1.23. The predicted molar refractivity (Wildman–Crippen MR) is 69.8 cm³/mol. The molecule has 0 saturated carbocycles. The molecule has 0 spiro atoms. The van der Waals surface area contributed by atoms with Gasteiger partial charge in [0.15, 0.2) is 0 Å². The zero-order chi connectivity index (χ0) is 13.7. The van der Waals surface area contributed by atoms with Crippen molar-refractivity contribution < 1.29 is 18.5 Å². The lowest BCUT2D eigenvalue weighted by atomic mass is 10.1. The molecular formula is C11H15FN2O3S. The van der Waals surface area contributed by atoms with E-state index in [1.165, 1.54) is 0 Å². The molecule has 18 heavy (non-hydrogen) atoms. The molecule has 0 aliphatic heterocycles. The van der Waals surface area contributed by atoms with Crippen LogP contribution in [0.4, 0.5) is 15.8 Å². The van der Waals surface area contributed by atoms with Crippen molar-refractivity contribution in [2.75, 3.05) is 29.1 Å². The van der Waals surface area contributed by atoms with Gasteiger partial charge in [0.2, 0.25) is 0 Å². The topological polar surface area (TPSA) is 92.4 Å². The van der Waals surface area contributed by atoms with Gasteiger partial charge in [-0.3, -0.25) is 4.21 Å². The third-order valence-electron chi connectivity index (χ3n) is 2.34. The third kappa shape index (κ3) is 3.69. The van der Waals surface area contributed by atoms with Crippen molar-refractivity contribution >= 4 is 28.1 Å². The number of rotatable bonds is 6. The average molecular weight is 274 g/mol. The second-order valence-corrected chi connectivity index (χ2v) is 5.45. The maximum Gasteiger partial charge on any atom is 0.338 e. The summed E-state index contributed by atoms with van der Waals surface area (Å²) in [5, 5.41) is 11.5. The first-order chi connectivity index (χ1) is 8.45. The number of halogens is 1. The molecular weight excluding hydrogens is 259 g/mol. The second kappa shape index (κ2) is 6.34. The smallest absolute Gasteiger partial charge is 0.338 e. The van der Waals surface area contributed by atoms with Crippen LogP contribution in [0.3, 0.4) is 0 Å². The summed E-state index contributed by atoms with van der Waals surface area (Å²) in [6.07, 6.45) is 0. The molecule has 1 atom stereocenters. The molecule has 0 saturated heterocycles. The minimum atomic E-state index is -1.36. The highest BCUT2D eigenvalue weighted by atomic mass is 32.2. The maximum absolute atomic E-state index is 13.4. The lowest BCUT2D eigenvalue weighted by Crippen LogP contribution is -2.14. The highest BCUT2D eigenvalue weighted by Gasteiger charge is 2.13. The van der Waals surface area contributed by atoms with Gasteiger partial charge >= 0.3 is 5.97 Å². The van der Waals surface area contributed by atoms with E-state index < -0.39 is 28.1 Å². The minimum absolute atomic E-state index is 0.149. The molecule has 0 bridgehead atoms. The van der Waals surface area contributed by atoms with Crippen LogP contribution in [0.2, 0.25) is 0 Å². The second-order valence-electron chi connectivity index (χ2n) is 3.58. The largest absolute Gasteiger partial charge is 0.478 e. The lowest BCUT2D eigenvalue weighted by molar-refractivity contribution is 0.0692. The molecule has 0 aliphatic carbocycles. The van der Waals surface area contributed by atoms with Gasteiger partial charge in [0.05, 0.1) is 16.9 Å². The van der Waals surface area contributed by atoms with Gasteiger partial charge in [0.1, 0.15) is 5.82 Å². The number of carboxylic acid groups (broad SMARTS) is 1. The number of hydrogen-bond acceptors (Lipinski definition) is 4. The van der Waals surface area contributed by atoms with Crippen LogP contribution < -0.4 is 11.1 Å². The Bertz CT molecular complexity index is 480. The molecule has 0 aliphatic rings. The Morgan fingerprint density at radius 2 is 2.22 bits per heavy atom. The normalized spacial score (nSPS) is 12.1.